The maximum absolute atomic E-state index is 6.35. The lowest BCUT2D eigenvalue weighted by atomic mass is 9.73. The minimum Gasteiger partial charge on any atom is -0.327 e. The lowest BCUT2D eigenvalue weighted by Crippen LogP contribution is -2.36. The van der Waals surface area contributed by atoms with Crippen molar-refractivity contribution in [3.8, 4) is 0 Å². The van der Waals surface area contributed by atoms with E-state index in [1.54, 1.807) is 0 Å². The van der Waals surface area contributed by atoms with Crippen LogP contribution in [0.5, 0.6) is 0 Å². The highest BCUT2D eigenvalue weighted by Crippen LogP contribution is 2.36. The Morgan fingerprint density at radius 1 is 1.25 bits per heavy atom. The lowest BCUT2D eigenvalue weighted by molar-refractivity contribution is 0.277. The largest absolute Gasteiger partial charge is 0.327 e. The van der Waals surface area contributed by atoms with E-state index in [9.17, 15) is 0 Å². The fourth-order valence-corrected chi connectivity index (χ4v) is 3.43. The van der Waals surface area contributed by atoms with E-state index in [1.165, 1.54) is 24.0 Å². The summed E-state index contributed by atoms with van der Waals surface area (Å²) in [5.74, 6) is 1.23. The molecule has 2 aromatic rings. The molecule has 2 N–H and O–H groups in total. The first-order valence-corrected chi connectivity index (χ1v) is 7.50. The fourth-order valence-electron chi connectivity index (χ4n) is 3.43. The Hall–Kier alpha value is -1.61. The van der Waals surface area contributed by atoms with Gasteiger partial charge in [-0.25, -0.2) is 0 Å². The minimum atomic E-state index is 0.329. The topological polar surface area (TPSA) is 43.8 Å². The molecule has 3 heteroatoms. The summed E-state index contributed by atoms with van der Waals surface area (Å²) in [4.78, 5) is 0. The van der Waals surface area contributed by atoms with Crippen molar-refractivity contribution in [1.29, 1.82) is 0 Å². The molecule has 1 aromatic carbocycles. The van der Waals surface area contributed by atoms with Crippen molar-refractivity contribution in [3.05, 3.63) is 53.9 Å². The minimum absolute atomic E-state index is 0.329. The van der Waals surface area contributed by atoms with Gasteiger partial charge >= 0.3 is 0 Å². The number of rotatable bonds is 3. The van der Waals surface area contributed by atoms with Crippen LogP contribution in [0.25, 0.3) is 0 Å². The molecule has 1 heterocycles. The van der Waals surface area contributed by atoms with E-state index in [2.05, 4.69) is 41.6 Å². The highest BCUT2D eigenvalue weighted by Gasteiger charge is 2.29. The molecule has 1 aliphatic rings. The SMILES string of the molecule is Cn1cc(CC2CC(c3ccccc3)CCC2N)cn1. The maximum atomic E-state index is 6.35. The Bertz CT molecular complexity index is 546. The van der Waals surface area contributed by atoms with Gasteiger partial charge in [0, 0.05) is 19.3 Å². The van der Waals surface area contributed by atoms with Gasteiger partial charge < -0.3 is 5.73 Å². The molecule has 1 aliphatic carbocycles. The quantitative estimate of drug-likeness (QED) is 0.931. The molecular formula is C17H23N3. The highest BCUT2D eigenvalue weighted by molar-refractivity contribution is 5.21. The molecule has 0 spiro atoms. The molecule has 3 atom stereocenters. The summed E-state index contributed by atoms with van der Waals surface area (Å²) in [5.41, 5.74) is 9.12. The first kappa shape index (κ1) is 13.4. The van der Waals surface area contributed by atoms with E-state index >= 15 is 0 Å². The van der Waals surface area contributed by atoms with Crippen molar-refractivity contribution in [2.45, 2.75) is 37.6 Å². The summed E-state index contributed by atoms with van der Waals surface area (Å²) in [5, 5.41) is 4.26. The molecule has 3 nitrogen and oxygen atoms in total. The number of nitrogens with two attached hydrogens (primary N) is 1. The molecule has 1 fully saturated rings. The molecule has 3 rings (SSSR count). The van der Waals surface area contributed by atoms with Gasteiger partial charge in [0.05, 0.1) is 6.20 Å². The van der Waals surface area contributed by atoms with Crippen molar-refractivity contribution in [1.82, 2.24) is 9.78 Å². The van der Waals surface area contributed by atoms with Gasteiger partial charge in [-0.2, -0.15) is 5.10 Å². The standard InChI is InChI=1S/C17H23N3/c1-20-12-13(11-19-20)9-16-10-15(7-8-17(16)18)14-5-3-2-4-6-14/h2-6,11-12,15-17H,7-10,18H2,1H3. The maximum Gasteiger partial charge on any atom is 0.0521 e. The Morgan fingerprint density at radius 2 is 2.05 bits per heavy atom. The molecule has 0 saturated heterocycles. The zero-order valence-corrected chi connectivity index (χ0v) is 12.1. The molecule has 0 aliphatic heterocycles. The summed E-state index contributed by atoms with van der Waals surface area (Å²) in [6, 6.07) is 11.2. The Morgan fingerprint density at radius 3 is 2.75 bits per heavy atom. The van der Waals surface area contributed by atoms with Gasteiger partial charge in [-0.15, -0.1) is 0 Å². The molecule has 3 unspecified atom stereocenters. The summed E-state index contributed by atoms with van der Waals surface area (Å²) in [6.07, 6.45) is 8.68. The number of hydrogen-bond acceptors (Lipinski definition) is 2. The first-order chi connectivity index (χ1) is 9.72. The number of nitrogens with zero attached hydrogens (tertiary/aromatic N) is 2. The zero-order chi connectivity index (χ0) is 13.9. The third-order valence-corrected chi connectivity index (χ3v) is 4.57. The monoisotopic (exact) mass is 269 g/mol. The van der Waals surface area contributed by atoms with E-state index < -0.39 is 0 Å². The van der Waals surface area contributed by atoms with Gasteiger partial charge in [-0.05, 0) is 48.6 Å². The molecule has 1 saturated carbocycles. The second kappa shape index (κ2) is 5.80. The van der Waals surface area contributed by atoms with Crippen LogP contribution in [0.2, 0.25) is 0 Å². The Kier molecular flexibility index (Phi) is 3.88. The molecule has 106 valence electrons. The van der Waals surface area contributed by atoms with Gasteiger partial charge in [0.1, 0.15) is 0 Å². The number of aromatic nitrogens is 2. The van der Waals surface area contributed by atoms with E-state index in [0.717, 1.165) is 12.8 Å². The van der Waals surface area contributed by atoms with Gasteiger partial charge in [0.25, 0.3) is 0 Å². The number of hydrogen-bond donors (Lipinski definition) is 1. The fraction of sp³-hybridized carbons (Fsp3) is 0.471. The van der Waals surface area contributed by atoms with Crippen molar-refractivity contribution < 1.29 is 0 Å². The molecule has 0 radical (unpaired) electrons. The lowest BCUT2D eigenvalue weighted by Gasteiger charge is -2.34. The second-order valence-electron chi connectivity index (χ2n) is 6.07. The van der Waals surface area contributed by atoms with Crippen molar-refractivity contribution >= 4 is 0 Å². The normalized spacial score (nSPS) is 26.6. The predicted molar refractivity (Wildman–Crippen MR) is 81.4 cm³/mol. The third kappa shape index (κ3) is 2.93. The summed E-state index contributed by atoms with van der Waals surface area (Å²) < 4.78 is 1.87. The van der Waals surface area contributed by atoms with Crippen LogP contribution in [0, 0.1) is 5.92 Å². The molecule has 0 amide bonds. The smallest absolute Gasteiger partial charge is 0.0521 e. The van der Waals surface area contributed by atoms with Crippen LogP contribution in [0.3, 0.4) is 0 Å². The van der Waals surface area contributed by atoms with Crippen LogP contribution < -0.4 is 5.73 Å². The van der Waals surface area contributed by atoms with Crippen LogP contribution in [0.4, 0.5) is 0 Å². The van der Waals surface area contributed by atoms with Crippen LogP contribution >= 0.6 is 0 Å². The Balaban J connectivity index is 1.70. The van der Waals surface area contributed by atoms with Crippen LogP contribution in [-0.4, -0.2) is 15.8 Å². The van der Waals surface area contributed by atoms with Crippen LogP contribution in [0.15, 0.2) is 42.7 Å². The zero-order valence-electron chi connectivity index (χ0n) is 12.1. The van der Waals surface area contributed by atoms with Crippen LogP contribution in [0.1, 0.15) is 36.3 Å². The highest BCUT2D eigenvalue weighted by atomic mass is 15.2. The first-order valence-electron chi connectivity index (χ1n) is 7.50. The summed E-state index contributed by atoms with van der Waals surface area (Å²) >= 11 is 0. The number of aryl methyl sites for hydroxylation is 1. The van der Waals surface area contributed by atoms with Crippen LogP contribution in [-0.2, 0) is 13.5 Å². The van der Waals surface area contributed by atoms with Crippen molar-refractivity contribution in [2.75, 3.05) is 0 Å². The number of benzene rings is 1. The van der Waals surface area contributed by atoms with E-state index in [-0.39, 0.29) is 0 Å². The average Bonchev–Trinajstić information content (AvgIpc) is 2.88. The van der Waals surface area contributed by atoms with E-state index in [4.69, 9.17) is 5.73 Å². The summed E-state index contributed by atoms with van der Waals surface area (Å²) in [7, 11) is 1.97. The van der Waals surface area contributed by atoms with E-state index in [0.29, 0.717) is 17.9 Å². The predicted octanol–water partition coefficient (Wildman–Crippen LogP) is 2.87. The van der Waals surface area contributed by atoms with Crippen molar-refractivity contribution in [3.63, 3.8) is 0 Å². The van der Waals surface area contributed by atoms with Gasteiger partial charge in [0.15, 0.2) is 0 Å². The third-order valence-electron chi connectivity index (χ3n) is 4.57. The summed E-state index contributed by atoms with van der Waals surface area (Å²) in [6.45, 7) is 0. The molecule has 1 aromatic heterocycles. The second-order valence-corrected chi connectivity index (χ2v) is 6.07. The molecular weight excluding hydrogens is 246 g/mol. The Labute approximate surface area is 120 Å². The van der Waals surface area contributed by atoms with Crippen molar-refractivity contribution in [2.24, 2.45) is 18.7 Å². The average molecular weight is 269 g/mol. The van der Waals surface area contributed by atoms with Gasteiger partial charge in [-0.3, -0.25) is 4.68 Å². The molecule has 0 bridgehead atoms. The molecule has 20 heavy (non-hydrogen) atoms. The van der Waals surface area contributed by atoms with Gasteiger partial charge in [0.2, 0.25) is 0 Å². The van der Waals surface area contributed by atoms with E-state index in [1.807, 2.05) is 17.9 Å². The van der Waals surface area contributed by atoms with Gasteiger partial charge in [-0.1, -0.05) is 30.3 Å².